The number of hydrogen-bond donors (Lipinski definition) is 1. The fraction of sp³-hybridized carbons (Fsp3) is 0.444. The van der Waals surface area contributed by atoms with E-state index in [4.69, 9.17) is 4.74 Å². The Balaban J connectivity index is 1.75. The minimum Gasteiger partial charge on any atom is -0.492 e. The van der Waals surface area contributed by atoms with Gasteiger partial charge in [0.2, 0.25) is 5.91 Å². The average molecular weight is 348 g/mol. The van der Waals surface area contributed by atoms with Gasteiger partial charge in [-0.05, 0) is 30.0 Å². The van der Waals surface area contributed by atoms with Gasteiger partial charge in [-0.2, -0.15) is 0 Å². The van der Waals surface area contributed by atoms with E-state index in [0.717, 1.165) is 22.8 Å². The molecule has 0 aliphatic heterocycles. The van der Waals surface area contributed by atoms with Crippen LogP contribution in [0.15, 0.2) is 34.4 Å². The highest BCUT2D eigenvalue weighted by Gasteiger charge is 2.13. The smallest absolute Gasteiger partial charge is 0.307 e. The first-order chi connectivity index (χ1) is 11.3. The summed E-state index contributed by atoms with van der Waals surface area (Å²) in [5, 5.41) is 4.51. The monoisotopic (exact) mass is 348 g/mol. The standard InChI is InChI=1S/C18H24N2O3S/c1-13-12-24-17(22)20(13)11-16(21)19-9-10-23-15-7-5-14(6-8-15)18(2,3)4/h5-8,12H,9-11H2,1-4H3,(H,19,21). The molecular weight excluding hydrogens is 324 g/mol. The van der Waals surface area contributed by atoms with Gasteiger partial charge >= 0.3 is 4.87 Å². The van der Waals surface area contributed by atoms with Crippen molar-refractivity contribution in [2.24, 2.45) is 0 Å². The number of carbonyl (C=O) groups excluding carboxylic acids is 1. The van der Waals surface area contributed by atoms with Crippen molar-refractivity contribution in [3.8, 4) is 5.75 Å². The Morgan fingerprint density at radius 1 is 1.25 bits per heavy atom. The minimum atomic E-state index is -0.190. The van der Waals surface area contributed by atoms with E-state index in [1.807, 2.05) is 19.1 Å². The van der Waals surface area contributed by atoms with E-state index < -0.39 is 0 Å². The molecule has 5 nitrogen and oxygen atoms in total. The highest BCUT2D eigenvalue weighted by Crippen LogP contribution is 2.24. The highest BCUT2D eigenvalue weighted by molar-refractivity contribution is 7.07. The third-order valence-corrected chi connectivity index (χ3v) is 4.57. The molecule has 0 fully saturated rings. The van der Waals surface area contributed by atoms with Gasteiger partial charge in [0.1, 0.15) is 18.9 Å². The van der Waals surface area contributed by atoms with Gasteiger partial charge in [0, 0.05) is 11.1 Å². The first-order valence-electron chi connectivity index (χ1n) is 7.92. The quantitative estimate of drug-likeness (QED) is 0.817. The Morgan fingerprint density at radius 3 is 2.46 bits per heavy atom. The summed E-state index contributed by atoms with van der Waals surface area (Å²) in [6, 6.07) is 7.99. The number of carbonyl (C=O) groups is 1. The molecule has 0 atom stereocenters. The van der Waals surface area contributed by atoms with E-state index >= 15 is 0 Å². The number of hydrogen-bond acceptors (Lipinski definition) is 4. The maximum Gasteiger partial charge on any atom is 0.307 e. The molecule has 2 aromatic rings. The second-order valence-electron chi connectivity index (χ2n) is 6.70. The third kappa shape index (κ3) is 4.96. The molecule has 1 heterocycles. The molecule has 0 aliphatic rings. The number of amides is 1. The van der Waals surface area contributed by atoms with Crippen molar-refractivity contribution in [3.05, 3.63) is 50.6 Å². The Kier molecular flexibility index (Phi) is 5.83. The SMILES string of the molecule is Cc1csc(=O)n1CC(=O)NCCOc1ccc(C(C)(C)C)cc1. The maximum absolute atomic E-state index is 11.9. The van der Waals surface area contributed by atoms with Crippen molar-refractivity contribution in [2.75, 3.05) is 13.2 Å². The molecule has 0 saturated carbocycles. The molecule has 0 bridgehead atoms. The Bertz CT molecular complexity index is 739. The second-order valence-corrected chi connectivity index (χ2v) is 7.52. The van der Waals surface area contributed by atoms with E-state index in [1.165, 1.54) is 10.1 Å². The molecule has 6 heteroatoms. The van der Waals surface area contributed by atoms with Crippen LogP contribution in [0.5, 0.6) is 5.75 Å². The van der Waals surface area contributed by atoms with Crippen molar-refractivity contribution in [2.45, 2.75) is 39.7 Å². The normalized spacial score (nSPS) is 11.3. The van der Waals surface area contributed by atoms with Crippen LogP contribution in [0, 0.1) is 6.92 Å². The lowest BCUT2D eigenvalue weighted by atomic mass is 9.87. The number of rotatable bonds is 6. The predicted octanol–water partition coefficient (Wildman–Crippen LogP) is 2.71. The fourth-order valence-corrected chi connectivity index (χ4v) is 2.94. The Hall–Kier alpha value is -2.08. The van der Waals surface area contributed by atoms with E-state index in [9.17, 15) is 9.59 Å². The molecule has 0 unspecified atom stereocenters. The number of aromatic nitrogens is 1. The van der Waals surface area contributed by atoms with Crippen LogP contribution >= 0.6 is 11.3 Å². The number of nitrogens with one attached hydrogen (secondary N) is 1. The molecule has 130 valence electrons. The van der Waals surface area contributed by atoms with Crippen molar-refractivity contribution in [1.82, 2.24) is 9.88 Å². The van der Waals surface area contributed by atoms with Crippen LogP contribution in [0.4, 0.5) is 0 Å². The summed E-state index contributed by atoms with van der Waals surface area (Å²) in [7, 11) is 0. The Labute approximate surface area is 146 Å². The molecule has 0 saturated heterocycles. The molecule has 2 rings (SSSR count). The van der Waals surface area contributed by atoms with Crippen LogP contribution in [0.2, 0.25) is 0 Å². The average Bonchev–Trinajstić information content (AvgIpc) is 2.83. The molecule has 1 aromatic heterocycles. The molecule has 0 spiro atoms. The zero-order valence-electron chi connectivity index (χ0n) is 14.6. The lowest BCUT2D eigenvalue weighted by Crippen LogP contribution is -2.33. The molecule has 1 aromatic carbocycles. The van der Waals surface area contributed by atoms with Crippen molar-refractivity contribution >= 4 is 17.2 Å². The molecule has 24 heavy (non-hydrogen) atoms. The Morgan fingerprint density at radius 2 is 1.92 bits per heavy atom. The summed E-state index contributed by atoms with van der Waals surface area (Å²) in [4.78, 5) is 23.3. The lowest BCUT2D eigenvalue weighted by molar-refractivity contribution is -0.121. The van der Waals surface area contributed by atoms with Gasteiger partial charge in [0.05, 0.1) is 6.54 Å². The number of aryl methyl sites for hydroxylation is 1. The van der Waals surface area contributed by atoms with Crippen LogP contribution in [0.3, 0.4) is 0 Å². The van der Waals surface area contributed by atoms with Gasteiger partial charge in [-0.25, -0.2) is 0 Å². The second kappa shape index (κ2) is 7.66. The molecule has 1 N–H and O–H groups in total. The van der Waals surface area contributed by atoms with E-state index in [2.05, 4.69) is 38.2 Å². The summed E-state index contributed by atoms with van der Waals surface area (Å²) in [6.07, 6.45) is 0. The first-order valence-corrected chi connectivity index (χ1v) is 8.80. The van der Waals surface area contributed by atoms with Crippen LogP contribution in [-0.2, 0) is 16.8 Å². The van der Waals surface area contributed by atoms with Crippen molar-refractivity contribution in [1.29, 1.82) is 0 Å². The largest absolute Gasteiger partial charge is 0.492 e. The van der Waals surface area contributed by atoms with Crippen molar-refractivity contribution in [3.63, 3.8) is 0 Å². The van der Waals surface area contributed by atoms with Crippen LogP contribution in [-0.4, -0.2) is 23.6 Å². The summed E-state index contributed by atoms with van der Waals surface area (Å²) < 4.78 is 7.09. The van der Waals surface area contributed by atoms with Gasteiger partial charge in [0.25, 0.3) is 0 Å². The molecule has 1 amide bonds. The van der Waals surface area contributed by atoms with Gasteiger partial charge < -0.3 is 10.1 Å². The van der Waals surface area contributed by atoms with Crippen molar-refractivity contribution < 1.29 is 9.53 Å². The zero-order chi connectivity index (χ0) is 17.7. The fourth-order valence-electron chi connectivity index (χ4n) is 2.21. The van der Waals surface area contributed by atoms with E-state index in [-0.39, 0.29) is 22.7 Å². The maximum atomic E-state index is 11.9. The van der Waals surface area contributed by atoms with Crippen LogP contribution in [0.25, 0.3) is 0 Å². The number of nitrogens with zero attached hydrogens (tertiary/aromatic N) is 1. The zero-order valence-corrected chi connectivity index (χ0v) is 15.4. The number of thiazole rings is 1. The predicted molar refractivity (Wildman–Crippen MR) is 97.0 cm³/mol. The van der Waals surface area contributed by atoms with E-state index in [1.54, 1.807) is 5.38 Å². The van der Waals surface area contributed by atoms with Gasteiger partial charge in [-0.15, -0.1) is 0 Å². The summed E-state index contributed by atoms with van der Waals surface area (Å²) >= 11 is 1.10. The van der Waals surface area contributed by atoms with Gasteiger partial charge in [0.15, 0.2) is 0 Å². The van der Waals surface area contributed by atoms with Crippen LogP contribution < -0.4 is 14.9 Å². The van der Waals surface area contributed by atoms with Crippen LogP contribution in [0.1, 0.15) is 32.0 Å². The summed E-state index contributed by atoms with van der Waals surface area (Å²) in [5.74, 6) is 0.590. The minimum absolute atomic E-state index is 0.0500. The topological polar surface area (TPSA) is 60.3 Å². The van der Waals surface area contributed by atoms with E-state index in [0.29, 0.717) is 13.2 Å². The van der Waals surface area contributed by atoms with Gasteiger partial charge in [-0.3, -0.25) is 14.2 Å². The highest BCUT2D eigenvalue weighted by atomic mass is 32.1. The number of benzene rings is 1. The summed E-state index contributed by atoms with van der Waals surface area (Å²) in [6.45, 7) is 9.15. The third-order valence-electron chi connectivity index (χ3n) is 3.69. The first kappa shape index (κ1) is 18.3. The summed E-state index contributed by atoms with van der Waals surface area (Å²) in [5.41, 5.74) is 2.17. The lowest BCUT2D eigenvalue weighted by Gasteiger charge is -2.19. The molecular formula is C18H24N2O3S. The van der Waals surface area contributed by atoms with Gasteiger partial charge in [-0.1, -0.05) is 44.2 Å². The number of ether oxygens (including phenoxy) is 1. The molecule has 0 aliphatic carbocycles. The molecule has 0 radical (unpaired) electrons.